The van der Waals surface area contributed by atoms with Crippen LogP contribution in [0.5, 0.6) is 0 Å². The fourth-order valence-corrected chi connectivity index (χ4v) is 2.51. The molecule has 0 bridgehead atoms. The van der Waals surface area contributed by atoms with Gasteiger partial charge in [-0.15, -0.1) is 0 Å². The lowest BCUT2D eigenvalue weighted by Crippen LogP contribution is -2.52. The lowest BCUT2D eigenvalue weighted by Gasteiger charge is -2.43. The Bertz CT molecular complexity index is 359. The minimum Gasteiger partial charge on any atom is -0.304 e. The standard InChI is InChI=1S/C15H24N2/c1-13-5-7-14(8-6-13)15(2,3)17-11-9-16(4)10-12-17/h5-8H,9-12H2,1-4H3. The Labute approximate surface area is 105 Å². The quantitative estimate of drug-likeness (QED) is 0.773. The molecule has 94 valence electrons. The summed E-state index contributed by atoms with van der Waals surface area (Å²) in [5, 5.41) is 0. The van der Waals surface area contributed by atoms with Crippen LogP contribution in [0.15, 0.2) is 24.3 Å². The van der Waals surface area contributed by atoms with Crippen LogP contribution in [0.25, 0.3) is 0 Å². The fraction of sp³-hybridized carbons (Fsp3) is 0.600. The second kappa shape index (κ2) is 4.79. The number of hydrogen-bond donors (Lipinski definition) is 0. The number of piperazine rings is 1. The van der Waals surface area contributed by atoms with Gasteiger partial charge in [-0.05, 0) is 33.4 Å². The highest BCUT2D eigenvalue weighted by Gasteiger charge is 2.30. The minimum absolute atomic E-state index is 0.148. The molecule has 0 atom stereocenters. The lowest BCUT2D eigenvalue weighted by atomic mass is 9.91. The lowest BCUT2D eigenvalue weighted by molar-refractivity contribution is 0.0606. The van der Waals surface area contributed by atoms with Gasteiger partial charge in [0.1, 0.15) is 0 Å². The molecule has 0 aromatic heterocycles. The number of aryl methyl sites for hydroxylation is 1. The summed E-state index contributed by atoms with van der Waals surface area (Å²) in [6.07, 6.45) is 0. The van der Waals surface area contributed by atoms with Gasteiger partial charge in [-0.2, -0.15) is 0 Å². The van der Waals surface area contributed by atoms with Gasteiger partial charge < -0.3 is 4.90 Å². The van der Waals surface area contributed by atoms with Crippen LogP contribution < -0.4 is 0 Å². The summed E-state index contributed by atoms with van der Waals surface area (Å²) in [5.74, 6) is 0. The predicted molar refractivity (Wildman–Crippen MR) is 73.3 cm³/mol. The van der Waals surface area contributed by atoms with E-state index in [1.807, 2.05) is 0 Å². The van der Waals surface area contributed by atoms with Crippen molar-refractivity contribution in [3.8, 4) is 0 Å². The Balaban J connectivity index is 2.15. The molecule has 0 saturated carbocycles. The highest BCUT2D eigenvalue weighted by molar-refractivity contribution is 5.27. The monoisotopic (exact) mass is 232 g/mol. The molecule has 1 aromatic rings. The Morgan fingerprint density at radius 1 is 0.941 bits per heavy atom. The Hall–Kier alpha value is -0.860. The van der Waals surface area contributed by atoms with Crippen molar-refractivity contribution >= 4 is 0 Å². The number of hydrogen-bond acceptors (Lipinski definition) is 2. The minimum atomic E-state index is 0.148. The van der Waals surface area contributed by atoms with Crippen LogP contribution in [-0.2, 0) is 5.54 Å². The molecule has 1 fully saturated rings. The van der Waals surface area contributed by atoms with E-state index < -0.39 is 0 Å². The third kappa shape index (κ3) is 2.70. The maximum Gasteiger partial charge on any atom is 0.0405 e. The van der Waals surface area contributed by atoms with Gasteiger partial charge in [0.15, 0.2) is 0 Å². The molecule has 1 aliphatic rings. The van der Waals surface area contributed by atoms with Crippen LogP contribution in [0.2, 0.25) is 0 Å². The second-order valence-corrected chi connectivity index (χ2v) is 5.72. The molecule has 0 N–H and O–H groups in total. The van der Waals surface area contributed by atoms with Gasteiger partial charge in [0.2, 0.25) is 0 Å². The van der Waals surface area contributed by atoms with Crippen LogP contribution in [0, 0.1) is 6.92 Å². The van der Waals surface area contributed by atoms with E-state index in [2.05, 4.69) is 61.9 Å². The Morgan fingerprint density at radius 3 is 2.00 bits per heavy atom. The number of likely N-dealkylation sites (N-methyl/N-ethyl adjacent to an activating group) is 1. The van der Waals surface area contributed by atoms with Crippen molar-refractivity contribution in [2.45, 2.75) is 26.3 Å². The molecule has 0 unspecified atom stereocenters. The maximum atomic E-state index is 2.59. The molecule has 0 aliphatic carbocycles. The first-order valence-corrected chi connectivity index (χ1v) is 6.51. The Morgan fingerprint density at radius 2 is 1.47 bits per heavy atom. The largest absolute Gasteiger partial charge is 0.304 e. The van der Waals surface area contributed by atoms with Crippen LogP contribution in [0.3, 0.4) is 0 Å². The normalized spacial score (nSPS) is 19.5. The van der Waals surface area contributed by atoms with E-state index in [9.17, 15) is 0 Å². The third-order valence-electron chi connectivity index (χ3n) is 4.05. The van der Waals surface area contributed by atoms with Crippen molar-refractivity contribution in [2.75, 3.05) is 33.2 Å². The van der Waals surface area contributed by atoms with E-state index in [-0.39, 0.29) is 5.54 Å². The van der Waals surface area contributed by atoms with Gasteiger partial charge >= 0.3 is 0 Å². The van der Waals surface area contributed by atoms with Crippen molar-refractivity contribution in [2.24, 2.45) is 0 Å². The topological polar surface area (TPSA) is 6.48 Å². The molecule has 1 aromatic carbocycles. The van der Waals surface area contributed by atoms with Crippen molar-refractivity contribution < 1.29 is 0 Å². The zero-order chi connectivity index (χ0) is 12.5. The zero-order valence-corrected chi connectivity index (χ0v) is 11.5. The number of benzene rings is 1. The molecule has 1 aliphatic heterocycles. The van der Waals surface area contributed by atoms with Crippen molar-refractivity contribution in [1.82, 2.24) is 9.80 Å². The molecular formula is C15H24N2. The first kappa shape index (κ1) is 12.6. The molecule has 2 rings (SSSR count). The SMILES string of the molecule is Cc1ccc(C(C)(C)N2CCN(C)CC2)cc1. The van der Waals surface area contributed by atoms with Gasteiger partial charge in [-0.25, -0.2) is 0 Å². The van der Waals surface area contributed by atoms with Crippen LogP contribution in [0.4, 0.5) is 0 Å². The van der Waals surface area contributed by atoms with Gasteiger partial charge in [-0.3, -0.25) is 4.90 Å². The van der Waals surface area contributed by atoms with E-state index in [1.54, 1.807) is 0 Å². The highest BCUT2D eigenvalue weighted by atomic mass is 15.3. The summed E-state index contributed by atoms with van der Waals surface area (Å²) in [6.45, 7) is 11.5. The smallest absolute Gasteiger partial charge is 0.0405 e. The van der Waals surface area contributed by atoms with Gasteiger partial charge in [0, 0.05) is 31.7 Å². The summed E-state index contributed by atoms with van der Waals surface area (Å²) >= 11 is 0. The van der Waals surface area contributed by atoms with E-state index in [0.29, 0.717) is 0 Å². The van der Waals surface area contributed by atoms with Crippen molar-refractivity contribution in [3.05, 3.63) is 35.4 Å². The molecular weight excluding hydrogens is 208 g/mol. The van der Waals surface area contributed by atoms with E-state index in [1.165, 1.54) is 24.2 Å². The van der Waals surface area contributed by atoms with Crippen molar-refractivity contribution in [3.63, 3.8) is 0 Å². The first-order chi connectivity index (χ1) is 8.00. The summed E-state index contributed by atoms with van der Waals surface area (Å²) in [5.41, 5.74) is 2.91. The van der Waals surface area contributed by atoms with Gasteiger partial charge in [0.05, 0.1) is 0 Å². The third-order valence-corrected chi connectivity index (χ3v) is 4.05. The summed E-state index contributed by atoms with van der Waals surface area (Å²) in [4.78, 5) is 5.00. The van der Waals surface area contributed by atoms with E-state index in [4.69, 9.17) is 0 Å². The van der Waals surface area contributed by atoms with E-state index in [0.717, 1.165) is 13.1 Å². The maximum absolute atomic E-state index is 2.59. The van der Waals surface area contributed by atoms with Gasteiger partial charge in [-0.1, -0.05) is 29.8 Å². The van der Waals surface area contributed by atoms with Gasteiger partial charge in [0.25, 0.3) is 0 Å². The summed E-state index contributed by atoms with van der Waals surface area (Å²) < 4.78 is 0. The number of rotatable bonds is 2. The molecule has 0 radical (unpaired) electrons. The molecule has 2 nitrogen and oxygen atoms in total. The highest BCUT2D eigenvalue weighted by Crippen LogP contribution is 2.28. The average Bonchev–Trinajstić information content (AvgIpc) is 2.30. The molecule has 1 saturated heterocycles. The van der Waals surface area contributed by atoms with Crippen LogP contribution in [-0.4, -0.2) is 43.0 Å². The first-order valence-electron chi connectivity index (χ1n) is 6.51. The van der Waals surface area contributed by atoms with Crippen LogP contribution in [0.1, 0.15) is 25.0 Å². The zero-order valence-electron chi connectivity index (χ0n) is 11.5. The summed E-state index contributed by atoms with van der Waals surface area (Å²) in [7, 11) is 2.20. The predicted octanol–water partition coefficient (Wildman–Crippen LogP) is 2.48. The molecule has 1 heterocycles. The molecule has 0 spiro atoms. The fourth-order valence-electron chi connectivity index (χ4n) is 2.51. The van der Waals surface area contributed by atoms with E-state index >= 15 is 0 Å². The second-order valence-electron chi connectivity index (χ2n) is 5.72. The average molecular weight is 232 g/mol. The molecule has 0 amide bonds. The number of nitrogens with zero attached hydrogens (tertiary/aromatic N) is 2. The summed E-state index contributed by atoms with van der Waals surface area (Å²) in [6, 6.07) is 8.97. The molecule has 17 heavy (non-hydrogen) atoms. The molecule has 2 heteroatoms. The Kier molecular flexibility index (Phi) is 3.55. The van der Waals surface area contributed by atoms with Crippen LogP contribution >= 0.6 is 0 Å². The van der Waals surface area contributed by atoms with Crippen molar-refractivity contribution in [1.29, 1.82) is 0 Å².